The van der Waals surface area contributed by atoms with Gasteiger partial charge in [0.1, 0.15) is 17.5 Å². The number of aromatic amines is 1. The number of pyridine rings is 1. The molecule has 0 unspecified atom stereocenters. The summed E-state index contributed by atoms with van der Waals surface area (Å²) in [6.07, 6.45) is 1.61. The third-order valence-electron chi connectivity index (χ3n) is 2.88. The highest BCUT2D eigenvalue weighted by atomic mass is 35.5. The maximum atomic E-state index is 13.3. The average Bonchev–Trinajstić information content (AvgIpc) is 2.85. The Balaban J connectivity index is 2.20. The second-order valence-electron chi connectivity index (χ2n) is 4.04. The standard InChI is InChI=1S/C14H7ClFN3/c15-11-3-4-18-14-10(11)6-13(19-14)8-1-2-12(16)9(5-8)7-17/h1-6H,(H,18,19). The molecule has 0 aliphatic carbocycles. The number of halogens is 2. The van der Waals surface area contributed by atoms with E-state index in [1.807, 2.05) is 12.1 Å². The fraction of sp³-hybridized carbons (Fsp3) is 0. The van der Waals surface area contributed by atoms with Crippen LogP contribution in [0.2, 0.25) is 5.02 Å². The number of aromatic nitrogens is 2. The first-order chi connectivity index (χ1) is 9.19. The topological polar surface area (TPSA) is 52.5 Å². The van der Waals surface area contributed by atoms with Gasteiger partial charge in [-0.1, -0.05) is 11.6 Å². The molecule has 0 saturated carbocycles. The second kappa shape index (κ2) is 4.38. The van der Waals surface area contributed by atoms with Crippen molar-refractivity contribution in [2.75, 3.05) is 0 Å². The van der Waals surface area contributed by atoms with Crippen molar-refractivity contribution in [1.82, 2.24) is 9.97 Å². The molecule has 92 valence electrons. The SMILES string of the molecule is N#Cc1cc(-c2cc3c(Cl)ccnc3[nH]2)ccc1F. The maximum Gasteiger partial charge on any atom is 0.140 e. The summed E-state index contributed by atoms with van der Waals surface area (Å²) >= 11 is 6.07. The van der Waals surface area contributed by atoms with Crippen molar-refractivity contribution < 1.29 is 4.39 Å². The van der Waals surface area contributed by atoms with Crippen LogP contribution in [0.15, 0.2) is 36.5 Å². The Kier molecular flexibility index (Phi) is 2.69. The Labute approximate surface area is 113 Å². The van der Waals surface area contributed by atoms with E-state index in [-0.39, 0.29) is 5.56 Å². The molecule has 0 amide bonds. The number of H-pyrrole nitrogens is 1. The first-order valence-corrected chi connectivity index (χ1v) is 5.90. The molecule has 3 nitrogen and oxygen atoms in total. The number of nitrogens with one attached hydrogen (secondary N) is 1. The third kappa shape index (κ3) is 1.94. The molecule has 2 heterocycles. The van der Waals surface area contributed by atoms with Gasteiger partial charge in [-0.15, -0.1) is 0 Å². The van der Waals surface area contributed by atoms with Crippen molar-refractivity contribution in [3.63, 3.8) is 0 Å². The fourth-order valence-electron chi connectivity index (χ4n) is 1.93. The third-order valence-corrected chi connectivity index (χ3v) is 3.21. The molecular weight excluding hydrogens is 265 g/mol. The Bertz CT molecular complexity index is 817. The molecular formula is C14H7ClFN3. The van der Waals surface area contributed by atoms with E-state index in [0.717, 1.165) is 11.1 Å². The second-order valence-corrected chi connectivity index (χ2v) is 4.45. The monoisotopic (exact) mass is 271 g/mol. The van der Waals surface area contributed by atoms with Crippen LogP contribution in [0.5, 0.6) is 0 Å². The summed E-state index contributed by atoms with van der Waals surface area (Å²) in [5, 5.41) is 10.2. The van der Waals surface area contributed by atoms with Crippen molar-refractivity contribution in [3.05, 3.63) is 52.9 Å². The van der Waals surface area contributed by atoms with Crippen molar-refractivity contribution in [2.45, 2.75) is 0 Å². The van der Waals surface area contributed by atoms with Gasteiger partial charge in [0.05, 0.1) is 10.6 Å². The van der Waals surface area contributed by atoms with E-state index in [4.69, 9.17) is 16.9 Å². The van der Waals surface area contributed by atoms with Gasteiger partial charge in [-0.3, -0.25) is 0 Å². The minimum Gasteiger partial charge on any atom is -0.339 e. The van der Waals surface area contributed by atoms with Crippen LogP contribution in [0.1, 0.15) is 5.56 Å². The maximum absolute atomic E-state index is 13.3. The van der Waals surface area contributed by atoms with Gasteiger partial charge in [-0.05, 0) is 35.9 Å². The van der Waals surface area contributed by atoms with Gasteiger partial charge in [0.15, 0.2) is 0 Å². The Morgan fingerprint density at radius 1 is 1.26 bits per heavy atom. The van der Waals surface area contributed by atoms with E-state index in [1.54, 1.807) is 18.3 Å². The van der Waals surface area contributed by atoms with E-state index in [9.17, 15) is 4.39 Å². The molecule has 0 aliphatic heterocycles. The molecule has 0 saturated heterocycles. The number of hydrogen-bond donors (Lipinski definition) is 1. The lowest BCUT2D eigenvalue weighted by Gasteiger charge is -1.99. The lowest BCUT2D eigenvalue weighted by Crippen LogP contribution is -1.85. The van der Waals surface area contributed by atoms with Crippen LogP contribution in [0.25, 0.3) is 22.3 Å². The first kappa shape index (κ1) is 11.7. The first-order valence-electron chi connectivity index (χ1n) is 5.52. The zero-order chi connectivity index (χ0) is 13.4. The lowest BCUT2D eigenvalue weighted by molar-refractivity contribution is 0.624. The van der Waals surface area contributed by atoms with Gasteiger partial charge in [-0.2, -0.15) is 5.26 Å². The molecule has 0 bridgehead atoms. The quantitative estimate of drug-likeness (QED) is 0.730. The molecule has 0 aliphatic rings. The van der Waals surface area contributed by atoms with Crippen molar-refractivity contribution >= 4 is 22.6 Å². The number of rotatable bonds is 1. The normalized spacial score (nSPS) is 10.6. The minimum absolute atomic E-state index is 0.00946. The average molecular weight is 272 g/mol. The molecule has 0 spiro atoms. The molecule has 1 N–H and O–H groups in total. The Hall–Kier alpha value is -2.38. The van der Waals surface area contributed by atoms with Crippen LogP contribution < -0.4 is 0 Å². The highest BCUT2D eigenvalue weighted by Gasteiger charge is 2.09. The summed E-state index contributed by atoms with van der Waals surface area (Å²) in [6, 6.07) is 9.73. The molecule has 3 aromatic rings. The van der Waals surface area contributed by atoms with Gasteiger partial charge in [-0.25, -0.2) is 9.37 Å². The van der Waals surface area contributed by atoms with Crippen LogP contribution >= 0.6 is 11.6 Å². The van der Waals surface area contributed by atoms with Crippen LogP contribution in [-0.4, -0.2) is 9.97 Å². The summed E-state index contributed by atoms with van der Waals surface area (Å²) in [5.74, 6) is -0.529. The van der Waals surface area contributed by atoms with Crippen LogP contribution in [0.3, 0.4) is 0 Å². The number of nitriles is 1. The van der Waals surface area contributed by atoms with Crippen LogP contribution in [0, 0.1) is 17.1 Å². The molecule has 0 atom stereocenters. The smallest absolute Gasteiger partial charge is 0.140 e. The van der Waals surface area contributed by atoms with Crippen molar-refractivity contribution in [1.29, 1.82) is 5.26 Å². The lowest BCUT2D eigenvalue weighted by atomic mass is 10.1. The summed E-state index contributed by atoms with van der Waals surface area (Å²) < 4.78 is 13.3. The molecule has 0 radical (unpaired) electrons. The largest absolute Gasteiger partial charge is 0.339 e. The summed E-state index contributed by atoms with van der Waals surface area (Å²) in [7, 11) is 0. The molecule has 0 fully saturated rings. The van der Waals surface area contributed by atoms with Crippen molar-refractivity contribution in [2.24, 2.45) is 0 Å². The predicted molar refractivity (Wildman–Crippen MR) is 71.2 cm³/mol. The van der Waals surface area contributed by atoms with Crippen LogP contribution in [0.4, 0.5) is 4.39 Å². The summed E-state index contributed by atoms with van der Waals surface area (Å²) in [5.41, 5.74) is 2.12. The number of hydrogen-bond acceptors (Lipinski definition) is 2. The van der Waals surface area contributed by atoms with E-state index in [1.165, 1.54) is 12.1 Å². The molecule has 19 heavy (non-hydrogen) atoms. The minimum atomic E-state index is -0.529. The number of benzene rings is 1. The zero-order valence-electron chi connectivity index (χ0n) is 9.61. The zero-order valence-corrected chi connectivity index (χ0v) is 10.4. The highest BCUT2D eigenvalue weighted by Crippen LogP contribution is 2.28. The highest BCUT2D eigenvalue weighted by molar-refractivity contribution is 6.35. The van der Waals surface area contributed by atoms with E-state index in [0.29, 0.717) is 16.2 Å². The van der Waals surface area contributed by atoms with E-state index < -0.39 is 5.82 Å². The Morgan fingerprint density at radius 3 is 2.84 bits per heavy atom. The van der Waals surface area contributed by atoms with Gasteiger partial charge in [0, 0.05) is 17.3 Å². The van der Waals surface area contributed by atoms with E-state index >= 15 is 0 Å². The Morgan fingerprint density at radius 2 is 2.11 bits per heavy atom. The van der Waals surface area contributed by atoms with Crippen LogP contribution in [-0.2, 0) is 0 Å². The molecule has 3 rings (SSSR count). The van der Waals surface area contributed by atoms with Gasteiger partial charge in [0.25, 0.3) is 0 Å². The number of fused-ring (bicyclic) bond motifs is 1. The number of nitrogens with zero attached hydrogens (tertiary/aromatic N) is 2. The predicted octanol–water partition coefficient (Wildman–Crippen LogP) is 3.89. The van der Waals surface area contributed by atoms with E-state index in [2.05, 4.69) is 9.97 Å². The summed E-state index contributed by atoms with van der Waals surface area (Å²) in [6.45, 7) is 0. The van der Waals surface area contributed by atoms with Gasteiger partial charge in [0.2, 0.25) is 0 Å². The fourth-order valence-corrected chi connectivity index (χ4v) is 2.13. The summed E-state index contributed by atoms with van der Waals surface area (Å²) in [4.78, 5) is 7.27. The molecule has 5 heteroatoms. The molecule has 1 aromatic carbocycles. The molecule has 2 aromatic heterocycles. The van der Waals surface area contributed by atoms with Gasteiger partial charge < -0.3 is 4.98 Å². The van der Waals surface area contributed by atoms with Crippen molar-refractivity contribution in [3.8, 4) is 17.3 Å². The van der Waals surface area contributed by atoms with Gasteiger partial charge >= 0.3 is 0 Å².